The van der Waals surface area contributed by atoms with E-state index in [1.807, 2.05) is 6.92 Å². The lowest BCUT2D eigenvalue weighted by molar-refractivity contribution is 0.0500. The number of fused-ring (bicyclic) bond motifs is 1. The first kappa shape index (κ1) is 21.0. The standard InChI is InChI=1S/C20H25N3O5S/c1-4-10-28-20(26)16-12-8-6-7-9-15(12)29-18(16)21-17(24)14-11-13(22-23(14)3)19(25)27-5-2/h11H,4-10H2,1-3H3,(H,21,24). The van der Waals surface area contributed by atoms with Gasteiger partial charge in [0.15, 0.2) is 5.69 Å². The van der Waals surface area contributed by atoms with Crippen molar-refractivity contribution in [2.45, 2.75) is 46.0 Å². The summed E-state index contributed by atoms with van der Waals surface area (Å²) in [6.45, 7) is 4.19. The van der Waals surface area contributed by atoms with Crippen molar-refractivity contribution in [3.8, 4) is 0 Å². The number of esters is 2. The summed E-state index contributed by atoms with van der Waals surface area (Å²) in [4.78, 5) is 38.5. The Balaban J connectivity index is 1.88. The largest absolute Gasteiger partial charge is 0.462 e. The summed E-state index contributed by atoms with van der Waals surface area (Å²) >= 11 is 1.42. The number of nitrogens with one attached hydrogen (secondary N) is 1. The molecule has 2 aromatic rings. The lowest BCUT2D eigenvalue weighted by Crippen LogP contribution is -2.18. The van der Waals surface area contributed by atoms with Gasteiger partial charge in [-0.1, -0.05) is 6.92 Å². The molecule has 1 aliphatic carbocycles. The van der Waals surface area contributed by atoms with Crippen molar-refractivity contribution in [1.29, 1.82) is 0 Å². The molecule has 3 rings (SSSR count). The van der Waals surface area contributed by atoms with Gasteiger partial charge in [-0.25, -0.2) is 9.59 Å². The number of hydrogen-bond donors (Lipinski definition) is 1. The maximum Gasteiger partial charge on any atom is 0.358 e. The van der Waals surface area contributed by atoms with E-state index in [0.717, 1.165) is 42.5 Å². The average molecular weight is 420 g/mol. The van der Waals surface area contributed by atoms with Crippen molar-refractivity contribution in [2.75, 3.05) is 18.5 Å². The molecule has 1 amide bonds. The second-order valence-electron chi connectivity index (χ2n) is 6.76. The van der Waals surface area contributed by atoms with Crippen molar-refractivity contribution in [3.05, 3.63) is 33.5 Å². The first-order valence-corrected chi connectivity index (χ1v) is 10.6. The third kappa shape index (κ3) is 4.50. The number of carbonyl (C=O) groups excluding carboxylic acids is 3. The van der Waals surface area contributed by atoms with E-state index in [2.05, 4.69) is 10.4 Å². The minimum atomic E-state index is -0.586. The van der Waals surface area contributed by atoms with Crippen molar-refractivity contribution in [1.82, 2.24) is 9.78 Å². The van der Waals surface area contributed by atoms with E-state index >= 15 is 0 Å². The van der Waals surface area contributed by atoms with Gasteiger partial charge in [0.05, 0.1) is 18.8 Å². The molecular formula is C20H25N3O5S. The van der Waals surface area contributed by atoms with Crippen molar-refractivity contribution >= 4 is 34.2 Å². The smallest absolute Gasteiger partial charge is 0.358 e. The Labute approximate surface area is 173 Å². The SMILES string of the molecule is CCCOC(=O)c1c(NC(=O)c2cc(C(=O)OCC)nn2C)sc2c1CCCC2. The molecule has 0 saturated heterocycles. The topological polar surface area (TPSA) is 99.5 Å². The number of aromatic nitrogens is 2. The van der Waals surface area contributed by atoms with E-state index in [0.29, 0.717) is 17.2 Å². The number of carbonyl (C=O) groups is 3. The highest BCUT2D eigenvalue weighted by atomic mass is 32.1. The molecule has 1 N–H and O–H groups in total. The van der Waals surface area contributed by atoms with Gasteiger partial charge in [0, 0.05) is 18.0 Å². The van der Waals surface area contributed by atoms with Crippen molar-refractivity contribution < 1.29 is 23.9 Å². The zero-order valence-electron chi connectivity index (χ0n) is 16.9. The van der Waals surface area contributed by atoms with Gasteiger partial charge in [-0.05, 0) is 44.6 Å². The summed E-state index contributed by atoms with van der Waals surface area (Å²) in [6.07, 6.45) is 4.50. The van der Waals surface area contributed by atoms with Crippen LogP contribution in [0.1, 0.15) is 74.9 Å². The van der Waals surface area contributed by atoms with E-state index < -0.39 is 17.8 Å². The molecule has 0 bridgehead atoms. The Morgan fingerprint density at radius 3 is 2.66 bits per heavy atom. The highest BCUT2D eigenvalue weighted by Crippen LogP contribution is 2.38. The fourth-order valence-corrected chi connectivity index (χ4v) is 4.56. The first-order valence-electron chi connectivity index (χ1n) is 9.80. The van der Waals surface area contributed by atoms with Crippen LogP contribution in [0.4, 0.5) is 5.00 Å². The summed E-state index contributed by atoms with van der Waals surface area (Å²) in [5.41, 5.74) is 1.70. The van der Waals surface area contributed by atoms with Crippen molar-refractivity contribution in [3.63, 3.8) is 0 Å². The lowest BCUT2D eigenvalue weighted by atomic mass is 9.95. The van der Waals surface area contributed by atoms with E-state index in [1.54, 1.807) is 14.0 Å². The Hall–Kier alpha value is -2.68. The number of nitrogens with zero attached hydrogens (tertiary/aromatic N) is 2. The monoisotopic (exact) mass is 419 g/mol. The quantitative estimate of drug-likeness (QED) is 0.691. The summed E-state index contributed by atoms with van der Waals surface area (Å²) in [5, 5.41) is 7.37. The van der Waals surface area contributed by atoms with Gasteiger partial charge in [0.2, 0.25) is 0 Å². The number of thiophene rings is 1. The van der Waals surface area contributed by atoms with E-state index in [-0.39, 0.29) is 18.0 Å². The molecule has 2 heterocycles. The molecule has 0 aliphatic heterocycles. The summed E-state index contributed by atoms with van der Waals surface area (Å²) < 4.78 is 11.6. The van der Waals surface area contributed by atoms with Gasteiger partial charge >= 0.3 is 11.9 Å². The first-order chi connectivity index (χ1) is 14.0. The van der Waals surface area contributed by atoms with Gasteiger partial charge in [-0.3, -0.25) is 9.48 Å². The number of amides is 1. The van der Waals surface area contributed by atoms with Crippen LogP contribution >= 0.6 is 11.3 Å². The van der Waals surface area contributed by atoms with Gasteiger partial charge in [-0.2, -0.15) is 5.10 Å². The molecule has 0 atom stereocenters. The zero-order chi connectivity index (χ0) is 21.0. The molecule has 0 unspecified atom stereocenters. The molecule has 29 heavy (non-hydrogen) atoms. The second kappa shape index (κ2) is 9.21. The molecule has 1 aliphatic rings. The minimum absolute atomic E-state index is 0.0625. The van der Waals surface area contributed by atoms with Crippen LogP contribution in [-0.2, 0) is 29.4 Å². The fraction of sp³-hybridized carbons (Fsp3) is 0.500. The molecule has 0 spiro atoms. The fourth-order valence-electron chi connectivity index (χ4n) is 3.29. The molecule has 9 heteroatoms. The number of rotatable bonds is 7. The van der Waals surface area contributed by atoms with Crippen LogP contribution in [0.25, 0.3) is 0 Å². The number of aryl methyl sites for hydroxylation is 2. The Morgan fingerprint density at radius 2 is 1.93 bits per heavy atom. The van der Waals surface area contributed by atoms with Gasteiger partial charge in [0.25, 0.3) is 5.91 Å². The predicted molar refractivity (Wildman–Crippen MR) is 109 cm³/mol. The molecule has 8 nitrogen and oxygen atoms in total. The molecular weight excluding hydrogens is 394 g/mol. The average Bonchev–Trinajstić information content (AvgIpc) is 3.26. The Bertz CT molecular complexity index is 931. The predicted octanol–water partition coefficient (Wildman–Crippen LogP) is 3.36. The minimum Gasteiger partial charge on any atom is -0.462 e. The Kier molecular flexibility index (Phi) is 6.68. The molecule has 0 radical (unpaired) electrons. The van der Waals surface area contributed by atoms with Crippen molar-refractivity contribution in [2.24, 2.45) is 7.05 Å². The van der Waals surface area contributed by atoms with Crippen LogP contribution in [-0.4, -0.2) is 40.8 Å². The molecule has 156 valence electrons. The van der Waals surface area contributed by atoms with Crippen LogP contribution in [0.3, 0.4) is 0 Å². The molecule has 2 aromatic heterocycles. The Morgan fingerprint density at radius 1 is 1.17 bits per heavy atom. The van der Waals surface area contributed by atoms with E-state index in [1.165, 1.54) is 22.1 Å². The zero-order valence-corrected chi connectivity index (χ0v) is 17.7. The molecule has 0 aromatic carbocycles. The van der Waals surface area contributed by atoms with Crippen LogP contribution in [0, 0.1) is 0 Å². The van der Waals surface area contributed by atoms with Crippen LogP contribution in [0.2, 0.25) is 0 Å². The van der Waals surface area contributed by atoms with Gasteiger partial charge in [0.1, 0.15) is 10.7 Å². The van der Waals surface area contributed by atoms with Crippen LogP contribution < -0.4 is 5.32 Å². The molecule has 0 saturated carbocycles. The van der Waals surface area contributed by atoms with Crippen LogP contribution in [0.15, 0.2) is 6.07 Å². The maximum absolute atomic E-state index is 12.9. The summed E-state index contributed by atoms with van der Waals surface area (Å²) in [5.74, 6) is -1.44. The van der Waals surface area contributed by atoms with Gasteiger partial charge in [-0.15, -0.1) is 11.3 Å². The number of anilines is 1. The summed E-state index contributed by atoms with van der Waals surface area (Å²) in [7, 11) is 1.58. The second-order valence-corrected chi connectivity index (χ2v) is 7.87. The van der Waals surface area contributed by atoms with E-state index in [9.17, 15) is 14.4 Å². The maximum atomic E-state index is 12.9. The third-order valence-corrected chi connectivity index (χ3v) is 5.84. The normalized spacial score (nSPS) is 12.9. The van der Waals surface area contributed by atoms with Gasteiger partial charge < -0.3 is 14.8 Å². The number of ether oxygens (including phenoxy) is 2. The lowest BCUT2D eigenvalue weighted by Gasteiger charge is -2.12. The highest BCUT2D eigenvalue weighted by Gasteiger charge is 2.28. The van der Waals surface area contributed by atoms with Crippen LogP contribution in [0.5, 0.6) is 0 Å². The summed E-state index contributed by atoms with van der Waals surface area (Å²) in [6, 6.07) is 1.38. The number of hydrogen-bond acceptors (Lipinski definition) is 7. The third-order valence-electron chi connectivity index (χ3n) is 4.64. The van der Waals surface area contributed by atoms with E-state index in [4.69, 9.17) is 9.47 Å². The molecule has 0 fully saturated rings. The highest BCUT2D eigenvalue weighted by molar-refractivity contribution is 7.17.